The molecule has 1 N–H and O–H groups in total. The van der Waals surface area contributed by atoms with Gasteiger partial charge in [-0.3, -0.25) is 4.79 Å². The highest BCUT2D eigenvalue weighted by Crippen LogP contribution is 2.36. The number of hydrogen-bond acceptors (Lipinski definition) is 5. The molecule has 0 bridgehead atoms. The molecule has 34 heavy (non-hydrogen) atoms. The molecule has 5 rings (SSSR count). The van der Waals surface area contributed by atoms with Crippen molar-refractivity contribution in [3.8, 4) is 5.69 Å². The van der Waals surface area contributed by atoms with E-state index in [1.807, 2.05) is 0 Å². The minimum Gasteiger partial charge on any atom is -0.368 e. The second kappa shape index (κ2) is 8.62. The van der Waals surface area contributed by atoms with Gasteiger partial charge in [0.25, 0.3) is 0 Å². The molecule has 1 aromatic heterocycles. The highest BCUT2D eigenvalue weighted by atomic mass is 19.4. The van der Waals surface area contributed by atoms with Gasteiger partial charge in [-0.25, -0.2) is 9.07 Å². The number of nitrogens with zero attached hydrogens (tertiary/aromatic N) is 5. The summed E-state index contributed by atoms with van der Waals surface area (Å²) >= 11 is 0. The van der Waals surface area contributed by atoms with E-state index in [-0.39, 0.29) is 34.3 Å². The van der Waals surface area contributed by atoms with Crippen LogP contribution in [0.25, 0.3) is 5.69 Å². The number of halogens is 4. The second-order valence-electron chi connectivity index (χ2n) is 7.61. The van der Waals surface area contributed by atoms with Crippen LogP contribution in [0.3, 0.4) is 0 Å². The number of amides is 1. The number of hydrogen-bond donors (Lipinski definition) is 1. The van der Waals surface area contributed by atoms with Crippen molar-refractivity contribution in [3.63, 3.8) is 0 Å². The predicted octanol–water partition coefficient (Wildman–Crippen LogP) is 4.23. The third kappa shape index (κ3) is 4.82. The number of carbonyl (C=O) groups excluding carboxylic acids is 1. The Morgan fingerprint density at radius 2 is 1.82 bits per heavy atom. The van der Waals surface area contributed by atoms with Crippen LogP contribution in [-0.2, 0) is 11.0 Å². The number of piperazine rings is 1. The highest BCUT2D eigenvalue weighted by molar-refractivity contribution is 5.81. The lowest BCUT2D eigenvalue weighted by molar-refractivity contribution is -0.137. The number of benzene rings is 2. The third-order valence-electron chi connectivity index (χ3n) is 5.02. The highest BCUT2D eigenvalue weighted by Gasteiger charge is 2.35. The summed E-state index contributed by atoms with van der Waals surface area (Å²) in [5.41, 5.74) is -2.47. The van der Waals surface area contributed by atoms with E-state index in [1.54, 1.807) is 0 Å². The van der Waals surface area contributed by atoms with Gasteiger partial charge >= 0.3 is 6.18 Å². The Hall–Kier alpha value is -3.63. The molecule has 2 aliphatic rings. The standard InChI is InChI=1S/C23H22F4N6O/c24-17-2-1-3-19(12-17)33-14-28-22(30-33)29-18-10-16(23(25,26)27)11-20(13-18)31-6-8-32(9-7-31)21(34)15-4-5-15/h1-3,10-15H,4-9H2,(H,29,30)/i6D2,7D2,8D2,9D2. The van der Waals surface area contributed by atoms with Crippen LogP contribution in [0.1, 0.15) is 29.4 Å². The van der Waals surface area contributed by atoms with Crippen molar-refractivity contribution in [2.45, 2.75) is 19.0 Å². The number of nitrogens with one attached hydrogen (secondary N) is 1. The van der Waals surface area contributed by atoms with Crippen molar-refractivity contribution in [1.82, 2.24) is 19.7 Å². The van der Waals surface area contributed by atoms with Gasteiger partial charge in [-0.2, -0.15) is 18.2 Å². The van der Waals surface area contributed by atoms with Gasteiger partial charge in [-0.15, -0.1) is 5.10 Å². The average molecular weight is 483 g/mol. The summed E-state index contributed by atoms with van der Waals surface area (Å²) in [7, 11) is 0. The predicted molar refractivity (Wildman–Crippen MR) is 118 cm³/mol. The van der Waals surface area contributed by atoms with Crippen molar-refractivity contribution in [1.29, 1.82) is 0 Å². The van der Waals surface area contributed by atoms with Crippen molar-refractivity contribution in [2.75, 3.05) is 36.2 Å². The van der Waals surface area contributed by atoms with Crippen molar-refractivity contribution < 1.29 is 33.3 Å². The SMILES string of the molecule is [2H]C1([2H])N(C(=O)C2CC2)C([2H])([2H])C([2H])([2H])N(c2cc(Nc3ncn(-c4cccc(F)c4)n3)cc(C(F)(F)F)c2)C1([2H])[2H]. The maximum absolute atomic E-state index is 14.0. The zero-order valence-electron chi connectivity index (χ0n) is 25.3. The van der Waals surface area contributed by atoms with Gasteiger partial charge in [0.2, 0.25) is 11.9 Å². The second-order valence-corrected chi connectivity index (χ2v) is 7.61. The Balaban J connectivity index is 1.60. The van der Waals surface area contributed by atoms with E-state index in [1.165, 1.54) is 18.2 Å². The molecular weight excluding hydrogens is 452 g/mol. The van der Waals surface area contributed by atoms with E-state index in [4.69, 9.17) is 11.0 Å². The molecule has 1 saturated heterocycles. The average Bonchev–Trinajstić information content (AvgIpc) is 3.61. The first-order valence-electron chi connectivity index (χ1n) is 14.1. The molecule has 1 aliphatic carbocycles. The van der Waals surface area contributed by atoms with E-state index in [0.717, 1.165) is 23.1 Å². The van der Waals surface area contributed by atoms with Gasteiger partial charge in [0.15, 0.2) is 0 Å². The number of aromatic nitrogens is 3. The molecule has 1 amide bonds. The first-order valence-corrected chi connectivity index (χ1v) is 10.1. The first-order chi connectivity index (χ1) is 19.3. The zero-order valence-corrected chi connectivity index (χ0v) is 17.3. The molecule has 11 heteroatoms. The molecule has 1 aliphatic heterocycles. The van der Waals surface area contributed by atoms with Gasteiger partial charge in [-0.1, -0.05) is 6.07 Å². The van der Waals surface area contributed by atoms with Crippen LogP contribution in [-0.4, -0.2) is 51.6 Å². The molecule has 2 heterocycles. The van der Waals surface area contributed by atoms with E-state index < -0.39 is 66.7 Å². The Labute approximate surface area is 204 Å². The Morgan fingerprint density at radius 1 is 1.06 bits per heavy atom. The summed E-state index contributed by atoms with van der Waals surface area (Å²) in [6.45, 7) is -14.2. The maximum Gasteiger partial charge on any atom is 0.416 e. The molecular formula is C23H22F4N6O. The minimum atomic E-state index is -5.05. The van der Waals surface area contributed by atoms with Gasteiger partial charge in [0.1, 0.15) is 12.1 Å². The van der Waals surface area contributed by atoms with Crippen LogP contribution in [0.15, 0.2) is 48.8 Å². The molecule has 1 saturated carbocycles. The van der Waals surface area contributed by atoms with E-state index in [2.05, 4.69) is 15.4 Å². The van der Waals surface area contributed by atoms with E-state index in [0.29, 0.717) is 12.1 Å². The summed E-state index contributed by atoms with van der Waals surface area (Å²) in [6.07, 6.45) is -3.35. The fourth-order valence-electron chi connectivity index (χ4n) is 3.18. The lowest BCUT2D eigenvalue weighted by Gasteiger charge is -2.36. The maximum atomic E-state index is 14.0. The van der Waals surface area contributed by atoms with E-state index in [9.17, 15) is 22.4 Å². The topological polar surface area (TPSA) is 66.3 Å². The van der Waals surface area contributed by atoms with Crippen molar-refractivity contribution >= 4 is 23.2 Å². The summed E-state index contributed by atoms with van der Waals surface area (Å²) in [6, 6.07) is 6.99. The summed E-state index contributed by atoms with van der Waals surface area (Å²) in [4.78, 5) is 16.6. The number of alkyl halides is 3. The van der Waals surface area contributed by atoms with E-state index >= 15 is 0 Å². The first kappa shape index (κ1) is 14.6. The monoisotopic (exact) mass is 482 g/mol. The lowest BCUT2D eigenvalue weighted by atomic mass is 10.1. The smallest absolute Gasteiger partial charge is 0.368 e. The fraction of sp³-hybridized carbons (Fsp3) is 0.348. The van der Waals surface area contributed by atoms with Crippen LogP contribution in [0.5, 0.6) is 0 Å². The molecule has 0 unspecified atom stereocenters. The third-order valence-corrected chi connectivity index (χ3v) is 5.02. The molecule has 2 fully saturated rings. The van der Waals surface area contributed by atoms with Crippen molar-refractivity contribution in [3.05, 3.63) is 60.2 Å². The van der Waals surface area contributed by atoms with Gasteiger partial charge < -0.3 is 15.1 Å². The summed E-state index contributed by atoms with van der Waals surface area (Å²) in [5.74, 6) is -2.82. The van der Waals surface area contributed by atoms with Gasteiger partial charge in [0.05, 0.1) is 22.2 Å². The summed E-state index contributed by atoms with van der Waals surface area (Å²) in [5, 5.41) is 6.51. The Kier molecular flexibility index (Phi) is 3.70. The molecule has 2 aromatic carbocycles. The van der Waals surface area contributed by atoms with Crippen LogP contribution in [0.4, 0.5) is 34.9 Å². The minimum absolute atomic E-state index is 0.0596. The number of anilines is 3. The summed E-state index contributed by atoms with van der Waals surface area (Å²) < 4.78 is 124. The largest absolute Gasteiger partial charge is 0.416 e. The van der Waals surface area contributed by atoms with Crippen LogP contribution >= 0.6 is 0 Å². The quantitative estimate of drug-likeness (QED) is 0.552. The molecule has 3 aromatic rings. The van der Waals surface area contributed by atoms with Gasteiger partial charge in [0, 0.05) is 43.3 Å². The number of carbonyl (C=O) groups is 1. The molecule has 0 spiro atoms. The Bertz CT molecular complexity index is 1520. The molecule has 0 atom stereocenters. The van der Waals surface area contributed by atoms with Crippen LogP contribution < -0.4 is 10.2 Å². The number of rotatable bonds is 5. The molecule has 178 valence electrons. The molecule has 0 radical (unpaired) electrons. The normalized spacial score (nSPS) is 26.0. The lowest BCUT2D eigenvalue weighted by Crippen LogP contribution is -2.49. The van der Waals surface area contributed by atoms with Crippen LogP contribution in [0, 0.1) is 11.7 Å². The van der Waals surface area contributed by atoms with Gasteiger partial charge in [-0.05, 0) is 49.2 Å². The molecule has 7 nitrogen and oxygen atoms in total. The van der Waals surface area contributed by atoms with Crippen LogP contribution in [0.2, 0.25) is 0 Å². The fourth-order valence-corrected chi connectivity index (χ4v) is 3.18. The Morgan fingerprint density at radius 3 is 2.50 bits per heavy atom. The van der Waals surface area contributed by atoms with Crippen molar-refractivity contribution in [2.24, 2.45) is 5.92 Å². The zero-order chi connectivity index (χ0) is 31.0.